The summed E-state index contributed by atoms with van der Waals surface area (Å²) in [5, 5.41) is 2.21. The molecule has 8 heteroatoms. The molecule has 1 aromatic rings. The van der Waals surface area contributed by atoms with Gasteiger partial charge in [0, 0.05) is 23.1 Å². The van der Waals surface area contributed by atoms with Gasteiger partial charge in [0.1, 0.15) is 0 Å². The largest absolute Gasteiger partial charge is 0.461 e. The molecule has 0 saturated heterocycles. The lowest BCUT2D eigenvalue weighted by molar-refractivity contribution is 0.0520. The Morgan fingerprint density at radius 3 is 2.69 bits per heavy atom. The molecule has 166 valence electrons. The first kappa shape index (κ1) is 25.2. The van der Waals surface area contributed by atoms with E-state index in [-0.39, 0.29) is 16.4 Å². The summed E-state index contributed by atoms with van der Waals surface area (Å²) in [4.78, 5) is 16.2. The van der Waals surface area contributed by atoms with E-state index < -0.39 is 8.32 Å². The average Bonchev–Trinajstić information content (AvgIpc) is 3.18. The number of thiazole rings is 1. The summed E-state index contributed by atoms with van der Waals surface area (Å²) in [6.45, 7) is 16.8. The number of hydrogen-bond donors (Lipinski definition) is 0. The number of thioether (sulfide) groups is 1. The molecule has 29 heavy (non-hydrogen) atoms. The second-order valence-corrected chi connectivity index (χ2v) is 17.1. The minimum Gasteiger partial charge on any atom is -0.461 e. The molecule has 0 radical (unpaired) electrons. The number of ether oxygens (including phenoxy) is 1. The van der Waals surface area contributed by atoms with E-state index in [9.17, 15) is 4.79 Å². The molecule has 1 aromatic heterocycles. The van der Waals surface area contributed by atoms with Crippen molar-refractivity contribution in [1.29, 1.82) is 0 Å². The van der Waals surface area contributed by atoms with Crippen molar-refractivity contribution in [2.75, 3.05) is 19.0 Å². The molecule has 0 unspecified atom stereocenters. The highest BCUT2D eigenvalue weighted by Crippen LogP contribution is 2.45. The lowest BCUT2D eigenvalue weighted by atomic mass is 9.89. The average molecular weight is 478 g/mol. The zero-order chi connectivity index (χ0) is 21.8. The quantitative estimate of drug-likeness (QED) is 0.171. The molecular formula is C21H36ClNO3S2Si. The van der Waals surface area contributed by atoms with Gasteiger partial charge in [-0.1, -0.05) is 39.5 Å². The first-order valence-corrected chi connectivity index (χ1v) is 15.7. The van der Waals surface area contributed by atoms with Crippen molar-refractivity contribution in [2.45, 2.75) is 75.3 Å². The van der Waals surface area contributed by atoms with E-state index in [1.807, 2.05) is 0 Å². The molecule has 1 saturated carbocycles. The van der Waals surface area contributed by atoms with Crippen LogP contribution in [-0.4, -0.2) is 43.6 Å². The molecule has 4 nitrogen and oxygen atoms in total. The van der Waals surface area contributed by atoms with Gasteiger partial charge in [-0.15, -0.1) is 22.9 Å². The van der Waals surface area contributed by atoms with Gasteiger partial charge >= 0.3 is 5.97 Å². The number of halogens is 1. The number of aromatic nitrogens is 1. The summed E-state index contributed by atoms with van der Waals surface area (Å²) in [6, 6.07) is 0. The van der Waals surface area contributed by atoms with Crippen molar-refractivity contribution in [3.8, 4) is 0 Å². The predicted octanol–water partition coefficient (Wildman–Crippen LogP) is 6.70. The van der Waals surface area contributed by atoms with Crippen LogP contribution in [0.2, 0.25) is 18.1 Å². The van der Waals surface area contributed by atoms with Crippen LogP contribution in [0.3, 0.4) is 0 Å². The smallest absolute Gasteiger partial charge is 0.357 e. The minimum absolute atomic E-state index is 0.213. The second-order valence-electron chi connectivity index (χ2n) is 9.48. The van der Waals surface area contributed by atoms with E-state index >= 15 is 0 Å². The maximum absolute atomic E-state index is 11.8. The third-order valence-corrected chi connectivity index (χ3v) is 13.5. The highest BCUT2D eigenvalue weighted by Gasteiger charge is 2.43. The molecule has 0 aromatic carbocycles. The Morgan fingerprint density at radius 1 is 1.38 bits per heavy atom. The van der Waals surface area contributed by atoms with Gasteiger partial charge in [-0.05, 0) is 55.7 Å². The van der Waals surface area contributed by atoms with Crippen LogP contribution in [0.5, 0.6) is 0 Å². The van der Waals surface area contributed by atoms with Crippen molar-refractivity contribution < 1.29 is 14.0 Å². The molecule has 0 amide bonds. The normalized spacial score (nSPS) is 25.4. The lowest BCUT2D eigenvalue weighted by Crippen LogP contribution is -2.42. The molecule has 1 heterocycles. The molecule has 2 rings (SSSR count). The van der Waals surface area contributed by atoms with E-state index in [4.69, 9.17) is 20.8 Å². The van der Waals surface area contributed by atoms with Crippen molar-refractivity contribution >= 4 is 49.0 Å². The summed E-state index contributed by atoms with van der Waals surface area (Å²) >= 11 is 9.95. The van der Waals surface area contributed by atoms with Crippen LogP contribution in [0.4, 0.5) is 0 Å². The predicted molar refractivity (Wildman–Crippen MR) is 127 cm³/mol. The topological polar surface area (TPSA) is 48.4 Å². The van der Waals surface area contributed by atoms with E-state index in [1.165, 1.54) is 11.3 Å². The van der Waals surface area contributed by atoms with Gasteiger partial charge < -0.3 is 9.16 Å². The van der Waals surface area contributed by atoms with Gasteiger partial charge in [-0.25, -0.2) is 9.78 Å². The Kier molecular flexibility index (Phi) is 9.11. The van der Waals surface area contributed by atoms with Gasteiger partial charge in [-0.2, -0.15) is 0 Å². The van der Waals surface area contributed by atoms with E-state index in [0.717, 1.165) is 29.5 Å². The fraction of sp³-hybridized carbons (Fsp3) is 0.810. The zero-order valence-electron chi connectivity index (χ0n) is 18.8. The Morgan fingerprint density at radius 2 is 2.07 bits per heavy atom. The molecular weight excluding hydrogens is 442 g/mol. The monoisotopic (exact) mass is 477 g/mol. The van der Waals surface area contributed by atoms with Crippen molar-refractivity contribution in [3.63, 3.8) is 0 Å². The molecule has 0 N–H and O–H groups in total. The van der Waals surface area contributed by atoms with Crippen LogP contribution in [-0.2, 0) is 9.16 Å². The van der Waals surface area contributed by atoms with E-state index in [0.29, 0.717) is 30.1 Å². The molecule has 0 aliphatic heterocycles. The molecule has 4 atom stereocenters. The number of rotatable bonds is 9. The number of hydrogen-bond acceptors (Lipinski definition) is 6. The van der Waals surface area contributed by atoms with Gasteiger partial charge in [0.05, 0.1) is 6.61 Å². The van der Waals surface area contributed by atoms with E-state index in [2.05, 4.69) is 45.8 Å². The Hall–Kier alpha value is -0.0831. The molecule has 1 aliphatic carbocycles. The number of carbonyl (C=O) groups is 1. The van der Waals surface area contributed by atoms with Crippen LogP contribution in [0.15, 0.2) is 9.72 Å². The van der Waals surface area contributed by atoms with Gasteiger partial charge in [0.25, 0.3) is 0 Å². The summed E-state index contributed by atoms with van der Waals surface area (Å²) in [7, 11) is -1.75. The van der Waals surface area contributed by atoms with Crippen LogP contribution in [0.1, 0.15) is 57.9 Å². The van der Waals surface area contributed by atoms with Gasteiger partial charge in [0.2, 0.25) is 0 Å². The summed E-state index contributed by atoms with van der Waals surface area (Å²) in [5.41, 5.74) is 0.407. The minimum atomic E-state index is -1.75. The third kappa shape index (κ3) is 6.70. The van der Waals surface area contributed by atoms with Crippen LogP contribution in [0.25, 0.3) is 0 Å². The molecule has 1 fully saturated rings. The first-order valence-electron chi connectivity index (χ1n) is 10.5. The maximum Gasteiger partial charge on any atom is 0.357 e. The Balaban J connectivity index is 1.90. The van der Waals surface area contributed by atoms with Crippen molar-refractivity contribution in [2.24, 2.45) is 17.8 Å². The Bertz CT molecular complexity index is 677. The molecule has 0 bridgehead atoms. The molecule has 0 spiro atoms. The van der Waals surface area contributed by atoms with Gasteiger partial charge in [0.15, 0.2) is 18.4 Å². The van der Waals surface area contributed by atoms with Crippen LogP contribution < -0.4 is 0 Å². The van der Waals surface area contributed by atoms with Crippen molar-refractivity contribution in [3.05, 3.63) is 11.1 Å². The van der Waals surface area contributed by atoms with Crippen LogP contribution in [0, 0.1) is 17.8 Å². The van der Waals surface area contributed by atoms with Gasteiger partial charge in [-0.3, -0.25) is 0 Å². The standard InChI is InChI=1S/C21H36ClNO3S2Si/c1-8-25-19(24)18-13-28-20(23-18)27-10-9-15-16(14(2)11-17(15)22)12-26-29(6,7)21(3,4)5/h13-17H,8-12H2,1-7H3/t14-,15-,16+,17+/m1/s1. The highest BCUT2D eigenvalue weighted by atomic mass is 35.5. The first-order chi connectivity index (χ1) is 13.5. The fourth-order valence-electron chi connectivity index (χ4n) is 3.50. The number of alkyl halides is 1. The maximum atomic E-state index is 11.8. The lowest BCUT2D eigenvalue weighted by Gasteiger charge is -2.38. The van der Waals surface area contributed by atoms with Crippen LogP contribution >= 0.6 is 34.7 Å². The number of esters is 1. The summed E-state index contributed by atoms with van der Waals surface area (Å²) in [5.74, 6) is 2.18. The number of carbonyl (C=O) groups excluding carboxylic acids is 1. The van der Waals surface area contributed by atoms with E-state index in [1.54, 1.807) is 24.1 Å². The Labute approximate surface area is 190 Å². The molecule has 1 aliphatic rings. The van der Waals surface area contributed by atoms with Crippen molar-refractivity contribution in [1.82, 2.24) is 4.98 Å². The fourth-order valence-corrected chi connectivity index (χ4v) is 7.05. The summed E-state index contributed by atoms with van der Waals surface area (Å²) in [6.07, 6.45) is 2.11. The number of nitrogens with zero attached hydrogens (tertiary/aromatic N) is 1. The highest BCUT2D eigenvalue weighted by molar-refractivity contribution is 8.01. The second kappa shape index (κ2) is 10.5. The zero-order valence-corrected chi connectivity index (χ0v) is 22.2. The third-order valence-electron chi connectivity index (χ3n) is 6.43. The summed E-state index contributed by atoms with van der Waals surface area (Å²) < 4.78 is 12.5. The SMILES string of the molecule is CCOC(=O)c1csc(SCC[C@@H]2[C@@H](CO[Si](C)(C)C(C)(C)C)[C@H](C)C[C@@H]2Cl)n1.